The van der Waals surface area contributed by atoms with Crippen molar-refractivity contribution in [2.24, 2.45) is 0 Å². The zero-order chi connectivity index (χ0) is 14.9. The molecule has 112 valence electrons. The molecule has 1 N–H and O–H groups in total. The van der Waals surface area contributed by atoms with Crippen LogP contribution in [0.25, 0.3) is 11.1 Å². The Balaban J connectivity index is 1.82. The van der Waals surface area contributed by atoms with E-state index < -0.39 is 0 Å². The van der Waals surface area contributed by atoms with Gasteiger partial charge in [0.2, 0.25) is 0 Å². The summed E-state index contributed by atoms with van der Waals surface area (Å²) in [6.45, 7) is 3.20. The van der Waals surface area contributed by atoms with Crippen LogP contribution in [0, 0.1) is 0 Å². The molecule has 0 aromatic heterocycles. The van der Waals surface area contributed by atoms with Crippen LogP contribution in [0.1, 0.15) is 22.3 Å². The molecule has 0 spiro atoms. The van der Waals surface area contributed by atoms with Crippen molar-refractivity contribution in [3.05, 3.63) is 53.6 Å². The lowest BCUT2D eigenvalue weighted by atomic mass is 9.98. The summed E-state index contributed by atoms with van der Waals surface area (Å²) in [4.78, 5) is 13.6. The molecule has 2 heterocycles. The van der Waals surface area contributed by atoms with E-state index in [0.717, 1.165) is 43.5 Å². The molecule has 2 aliphatic rings. The van der Waals surface area contributed by atoms with Gasteiger partial charge in [0.15, 0.2) is 0 Å². The monoisotopic (exact) mass is 292 g/mol. The van der Waals surface area contributed by atoms with Crippen LogP contribution in [0.15, 0.2) is 42.5 Å². The van der Waals surface area contributed by atoms with Gasteiger partial charge in [-0.25, -0.2) is 0 Å². The molecule has 4 rings (SSSR count). The van der Waals surface area contributed by atoms with Gasteiger partial charge in [-0.05, 0) is 36.6 Å². The van der Waals surface area contributed by atoms with E-state index in [1.54, 1.807) is 0 Å². The first-order valence-electron chi connectivity index (χ1n) is 8.01. The molecule has 1 atom stereocenters. The average molecular weight is 292 g/mol. The van der Waals surface area contributed by atoms with Crippen molar-refractivity contribution >= 4 is 12.0 Å². The summed E-state index contributed by atoms with van der Waals surface area (Å²) < 4.78 is 0. The highest BCUT2D eigenvalue weighted by atomic mass is 16.1. The van der Waals surface area contributed by atoms with Gasteiger partial charge in [-0.3, -0.25) is 4.79 Å². The Labute approximate surface area is 131 Å². The number of carbonyl (C=O) groups is 1. The van der Waals surface area contributed by atoms with Crippen molar-refractivity contribution in [1.82, 2.24) is 5.32 Å². The first-order valence-corrected chi connectivity index (χ1v) is 8.01. The third-order valence-electron chi connectivity index (χ3n) is 4.82. The van der Waals surface area contributed by atoms with E-state index in [0.29, 0.717) is 6.04 Å². The predicted octanol–water partition coefficient (Wildman–Crippen LogP) is 2.89. The van der Waals surface area contributed by atoms with Crippen LogP contribution in [-0.2, 0) is 6.42 Å². The van der Waals surface area contributed by atoms with Gasteiger partial charge >= 0.3 is 0 Å². The maximum absolute atomic E-state index is 11.1. The number of anilines is 1. The van der Waals surface area contributed by atoms with E-state index in [4.69, 9.17) is 0 Å². The number of aldehydes is 1. The van der Waals surface area contributed by atoms with Crippen LogP contribution in [0.3, 0.4) is 0 Å². The highest BCUT2D eigenvalue weighted by Gasteiger charge is 2.31. The molecule has 0 saturated carbocycles. The highest BCUT2D eigenvalue weighted by molar-refractivity contribution is 5.86. The SMILES string of the molecule is O=Cc1cccc(-c2cccc3c2N2CCNCCC2C3)c1. The molecule has 2 aromatic carbocycles. The molecule has 0 aliphatic carbocycles. The molecular weight excluding hydrogens is 272 g/mol. The lowest BCUT2D eigenvalue weighted by molar-refractivity contribution is 0.112. The number of nitrogens with zero attached hydrogens (tertiary/aromatic N) is 1. The van der Waals surface area contributed by atoms with E-state index in [1.807, 2.05) is 18.2 Å². The van der Waals surface area contributed by atoms with Crippen molar-refractivity contribution in [2.45, 2.75) is 18.9 Å². The molecule has 1 unspecified atom stereocenters. The number of fused-ring (bicyclic) bond motifs is 3. The Hall–Kier alpha value is -2.13. The highest BCUT2D eigenvalue weighted by Crippen LogP contribution is 2.41. The van der Waals surface area contributed by atoms with Gasteiger partial charge in [0.25, 0.3) is 0 Å². The van der Waals surface area contributed by atoms with E-state index in [1.165, 1.54) is 23.2 Å². The molecule has 22 heavy (non-hydrogen) atoms. The molecule has 0 bridgehead atoms. The Kier molecular flexibility index (Phi) is 3.43. The van der Waals surface area contributed by atoms with Gasteiger partial charge in [0, 0.05) is 35.9 Å². The smallest absolute Gasteiger partial charge is 0.150 e. The standard InChI is InChI=1S/C19H20N2O/c22-13-14-3-1-4-15(11-14)18-6-2-5-16-12-17-7-8-20-9-10-21(17)19(16)18/h1-6,11,13,17,20H,7-10,12H2. The van der Waals surface area contributed by atoms with Gasteiger partial charge in [-0.15, -0.1) is 0 Å². The summed E-state index contributed by atoms with van der Waals surface area (Å²) in [6, 6.07) is 15.1. The van der Waals surface area contributed by atoms with E-state index >= 15 is 0 Å². The van der Waals surface area contributed by atoms with Gasteiger partial charge in [0.05, 0.1) is 0 Å². The number of nitrogens with one attached hydrogen (secondary N) is 1. The van der Waals surface area contributed by atoms with Crippen molar-refractivity contribution in [3.63, 3.8) is 0 Å². The predicted molar refractivity (Wildman–Crippen MR) is 89.6 cm³/mol. The summed E-state index contributed by atoms with van der Waals surface area (Å²) in [6.07, 6.45) is 3.26. The number of para-hydroxylation sites is 1. The number of rotatable bonds is 2. The molecule has 1 fully saturated rings. The second-order valence-electron chi connectivity index (χ2n) is 6.15. The topological polar surface area (TPSA) is 32.3 Å². The number of carbonyl (C=O) groups excluding carboxylic acids is 1. The molecular formula is C19H20N2O. The Bertz CT molecular complexity index is 710. The van der Waals surface area contributed by atoms with Gasteiger partial charge in [-0.2, -0.15) is 0 Å². The number of hydrogen-bond acceptors (Lipinski definition) is 3. The van der Waals surface area contributed by atoms with Crippen LogP contribution in [0.5, 0.6) is 0 Å². The molecule has 2 aliphatic heterocycles. The second kappa shape index (κ2) is 5.58. The van der Waals surface area contributed by atoms with Crippen LogP contribution in [-0.4, -0.2) is 32.0 Å². The van der Waals surface area contributed by atoms with E-state index in [9.17, 15) is 4.79 Å². The first kappa shape index (κ1) is 13.5. The van der Waals surface area contributed by atoms with Crippen LogP contribution >= 0.6 is 0 Å². The number of benzene rings is 2. The first-order chi connectivity index (χ1) is 10.9. The van der Waals surface area contributed by atoms with Crippen LogP contribution in [0.4, 0.5) is 5.69 Å². The Morgan fingerprint density at radius 2 is 2.05 bits per heavy atom. The fraction of sp³-hybridized carbons (Fsp3) is 0.316. The molecule has 2 aromatic rings. The van der Waals surface area contributed by atoms with Gasteiger partial charge in [-0.1, -0.05) is 36.4 Å². The van der Waals surface area contributed by atoms with Crippen LogP contribution < -0.4 is 10.2 Å². The maximum Gasteiger partial charge on any atom is 0.150 e. The van der Waals surface area contributed by atoms with Gasteiger partial charge < -0.3 is 10.2 Å². The largest absolute Gasteiger partial charge is 0.366 e. The number of hydrogen-bond donors (Lipinski definition) is 1. The summed E-state index contributed by atoms with van der Waals surface area (Å²) >= 11 is 0. The molecule has 0 radical (unpaired) electrons. The zero-order valence-electron chi connectivity index (χ0n) is 12.6. The lowest BCUT2D eigenvalue weighted by Crippen LogP contribution is -2.33. The zero-order valence-corrected chi connectivity index (χ0v) is 12.6. The quantitative estimate of drug-likeness (QED) is 0.864. The normalized spacial score (nSPS) is 20.2. The molecule has 1 saturated heterocycles. The summed E-state index contributed by atoms with van der Waals surface area (Å²) in [7, 11) is 0. The van der Waals surface area contributed by atoms with Crippen molar-refractivity contribution in [2.75, 3.05) is 24.5 Å². The lowest BCUT2D eigenvalue weighted by Gasteiger charge is -2.26. The maximum atomic E-state index is 11.1. The summed E-state index contributed by atoms with van der Waals surface area (Å²) in [5.41, 5.74) is 5.95. The minimum absolute atomic E-state index is 0.611. The van der Waals surface area contributed by atoms with Gasteiger partial charge in [0.1, 0.15) is 6.29 Å². The van der Waals surface area contributed by atoms with Crippen LogP contribution in [0.2, 0.25) is 0 Å². The van der Waals surface area contributed by atoms with E-state index in [2.05, 4.69) is 34.5 Å². The minimum atomic E-state index is 0.611. The molecule has 3 heteroatoms. The van der Waals surface area contributed by atoms with Crippen molar-refractivity contribution in [3.8, 4) is 11.1 Å². The second-order valence-corrected chi connectivity index (χ2v) is 6.15. The summed E-state index contributed by atoms with van der Waals surface area (Å²) in [5, 5.41) is 3.50. The third-order valence-corrected chi connectivity index (χ3v) is 4.82. The fourth-order valence-corrected chi connectivity index (χ4v) is 3.80. The third kappa shape index (κ3) is 2.22. The van der Waals surface area contributed by atoms with Crippen molar-refractivity contribution in [1.29, 1.82) is 0 Å². The summed E-state index contributed by atoms with van der Waals surface area (Å²) in [5.74, 6) is 0. The van der Waals surface area contributed by atoms with Crippen molar-refractivity contribution < 1.29 is 4.79 Å². The van der Waals surface area contributed by atoms with E-state index in [-0.39, 0.29) is 0 Å². The minimum Gasteiger partial charge on any atom is -0.366 e. The fourth-order valence-electron chi connectivity index (χ4n) is 3.80. The molecule has 0 amide bonds. The average Bonchev–Trinajstić information content (AvgIpc) is 2.76. The Morgan fingerprint density at radius 3 is 2.95 bits per heavy atom. The molecule has 3 nitrogen and oxygen atoms in total. The Morgan fingerprint density at radius 1 is 1.14 bits per heavy atom.